The van der Waals surface area contributed by atoms with Gasteiger partial charge in [0.05, 0.1) is 10.9 Å². The molecule has 144 valence electrons. The zero-order valence-corrected chi connectivity index (χ0v) is 15.7. The van der Waals surface area contributed by atoms with Crippen molar-refractivity contribution in [2.75, 3.05) is 13.2 Å². The average Bonchev–Trinajstić information content (AvgIpc) is 2.61. The van der Waals surface area contributed by atoms with Crippen LogP contribution in [0.25, 0.3) is 0 Å². The third kappa shape index (κ3) is 8.55. The fourth-order valence-corrected chi connectivity index (χ4v) is 3.17. The van der Waals surface area contributed by atoms with Crippen LogP contribution in [0.4, 0.5) is 0 Å². The molecule has 0 atom stereocenters. The van der Waals surface area contributed by atoms with Gasteiger partial charge in [0.25, 0.3) is 0 Å². The van der Waals surface area contributed by atoms with Gasteiger partial charge in [0.15, 0.2) is 0 Å². The molecule has 26 heavy (non-hydrogen) atoms. The van der Waals surface area contributed by atoms with E-state index in [1.165, 1.54) is 17.7 Å². The maximum atomic E-state index is 10.5. The maximum absolute atomic E-state index is 10.5. The monoisotopic (exact) mass is 381 g/mol. The van der Waals surface area contributed by atoms with Gasteiger partial charge >= 0.3 is 0 Å². The van der Waals surface area contributed by atoms with Crippen LogP contribution >= 0.6 is 0 Å². The molecule has 0 heterocycles. The van der Waals surface area contributed by atoms with Crippen LogP contribution in [-0.2, 0) is 16.7 Å². The van der Waals surface area contributed by atoms with Crippen LogP contribution in [0.2, 0.25) is 0 Å². The number of hydrogen-bond acceptors (Lipinski definition) is 5. The van der Waals surface area contributed by atoms with Gasteiger partial charge < -0.3 is 20.1 Å². The topological polar surface area (TPSA) is 114 Å². The molecule has 0 aromatic heterocycles. The van der Waals surface area contributed by atoms with Crippen molar-refractivity contribution in [3.63, 3.8) is 0 Å². The first kappa shape index (κ1) is 22.3. The van der Waals surface area contributed by atoms with E-state index >= 15 is 0 Å². The fourth-order valence-electron chi connectivity index (χ4n) is 2.47. The van der Waals surface area contributed by atoms with E-state index in [4.69, 9.17) is 10.2 Å². The van der Waals surface area contributed by atoms with Gasteiger partial charge in [0, 0.05) is 31.6 Å². The van der Waals surface area contributed by atoms with Crippen LogP contribution in [0.5, 0.6) is 0 Å². The summed E-state index contributed by atoms with van der Waals surface area (Å²) in [5.74, 6) is 0. The Labute approximate surface area is 155 Å². The van der Waals surface area contributed by atoms with E-state index in [2.05, 4.69) is 17.4 Å². The number of aliphatic hydroxyl groups excluding tert-OH is 2. The summed E-state index contributed by atoms with van der Waals surface area (Å²) in [5.41, 5.74) is 1.76. The van der Waals surface area contributed by atoms with Crippen LogP contribution in [0.3, 0.4) is 0 Å². The molecular weight excluding hydrogens is 354 g/mol. The van der Waals surface area contributed by atoms with Crippen molar-refractivity contribution < 1.29 is 28.5 Å². The summed E-state index contributed by atoms with van der Waals surface area (Å²) in [6, 6.07) is 16.6. The molecule has 0 aliphatic rings. The second kappa shape index (κ2) is 11.8. The van der Waals surface area contributed by atoms with Gasteiger partial charge in [-0.25, -0.2) is 8.42 Å². The Balaban J connectivity index is 0.000000273. The summed E-state index contributed by atoms with van der Waals surface area (Å²) in [7, 11) is -4.28. The van der Waals surface area contributed by atoms with Gasteiger partial charge in [-0.3, -0.25) is 0 Å². The maximum Gasteiger partial charge on any atom is 0.124 e. The minimum atomic E-state index is -4.28. The van der Waals surface area contributed by atoms with Crippen LogP contribution < -0.4 is 5.32 Å². The summed E-state index contributed by atoms with van der Waals surface area (Å²) >= 11 is 0. The zero-order valence-electron chi connectivity index (χ0n) is 14.9. The number of quaternary nitrogens is 1. The summed E-state index contributed by atoms with van der Waals surface area (Å²) in [4.78, 5) is -0.139. The summed E-state index contributed by atoms with van der Waals surface area (Å²) in [6.07, 6.45) is 1.49. The van der Waals surface area contributed by atoms with E-state index in [-0.39, 0.29) is 18.1 Å². The molecule has 0 radical (unpaired) electrons. The van der Waals surface area contributed by atoms with Crippen molar-refractivity contribution in [3.05, 3.63) is 65.7 Å². The molecule has 0 spiro atoms. The second-order valence-corrected chi connectivity index (χ2v) is 7.28. The molecule has 4 N–H and O–H groups in total. The third-order valence-electron chi connectivity index (χ3n) is 3.89. The number of aliphatic hydroxyl groups is 2. The first-order chi connectivity index (χ1) is 12.4. The van der Waals surface area contributed by atoms with Gasteiger partial charge in [-0.15, -0.1) is 0 Å². The molecule has 2 rings (SSSR count). The molecule has 6 nitrogen and oxygen atoms in total. The SMILES string of the molecule is Cc1ccccc1S(=O)(=O)[O-].OCCC(CCO)[NH2+]Cc1ccccc1. The lowest BCUT2D eigenvalue weighted by Gasteiger charge is -2.13. The molecule has 0 saturated carbocycles. The molecule has 2 aromatic carbocycles. The highest BCUT2D eigenvalue weighted by Gasteiger charge is 2.10. The van der Waals surface area contributed by atoms with E-state index in [1.54, 1.807) is 19.1 Å². The lowest BCUT2D eigenvalue weighted by Crippen LogP contribution is -2.88. The number of aryl methyl sites for hydroxylation is 1. The highest BCUT2D eigenvalue weighted by Crippen LogP contribution is 2.12. The highest BCUT2D eigenvalue weighted by atomic mass is 32.2. The first-order valence-corrected chi connectivity index (χ1v) is 9.89. The average molecular weight is 381 g/mol. The van der Waals surface area contributed by atoms with Crippen LogP contribution in [0.1, 0.15) is 24.0 Å². The predicted octanol–water partition coefficient (Wildman–Crippen LogP) is 0.783. The van der Waals surface area contributed by atoms with Gasteiger partial charge in [-0.05, 0) is 18.6 Å². The van der Waals surface area contributed by atoms with Crippen LogP contribution in [-0.4, -0.2) is 42.4 Å². The Morgan fingerprint density at radius 3 is 1.96 bits per heavy atom. The first-order valence-electron chi connectivity index (χ1n) is 8.49. The molecule has 7 heteroatoms. The molecule has 0 aliphatic carbocycles. The Kier molecular flexibility index (Phi) is 10.1. The third-order valence-corrected chi connectivity index (χ3v) is 4.89. The normalized spacial score (nSPS) is 11.1. The van der Waals surface area contributed by atoms with Crippen molar-refractivity contribution in [1.29, 1.82) is 0 Å². The van der Waals surface area contributed by atoms with Gasteiger partial charge in [0.2, 0.25) is 0 Å². The number of hydrogen-bond donors (Lipinski definition) is 3. The molecule has 0 saturated heterocycles. The van der Waals surface area contributed by atoms with Crippen molar-refractivity contribution in [1.82, 2.24) is 0 Å². The summed E-state index contributed by atoms with van der Waals surface area (Å²) < 4.78 is 31.5. The Bertz CT molecular complexity index is 729. The molecule has 0 amide bonds. The molecule has 0 bridgehead atoms. The Morgan fingerprint density at radius 2 is 1.50 bits per heavy atom. The molecule has 0 unspecified atom stereocenters. The van der Waals surface area contributed by atoms with Gasteiger partial charge in [-0.2, -0.15) is 0 Å². The lowest BCUT2D eigenvalue weighted by atomic mass is 10.1. The largest absolute Gasteiger partial charge is 0.744 e. The van der Waals surface area contributed by atoms with Crippen molar-refractivity contribution in [2.45, 2.75) is 37.2 Å². The number of benzene rings is 2. The predicted molar refractivity (Wildman–Crippen MR) is 98.4 cm³/mol. The van der Waals surface area contributed by atoms with E-state index < -0.39 is 10.1 Å². The summed E-state index contributed by atoms with van der Waals surface area (Å²) in [6.45, 7) is 2.88. The van der Waals surface area contributed by atoms with E-state index in [1.807, 2.05) is 18.2 Å². The number of nitrogens with two attached hydrogens (primary N) is 1. The summed E-state index contributed by atoms with van der Waals surface area (Å²) in [5, 5.41) is 19.9. The molecule has 0 aliphatic heterocycles. The van der Waals surface area contributed by atoms with E-state index in [0.29, 0.717) is 11.6 Å². The van der Waals surface area contributed by atoms with Gasteiger partial charge in [0.1, 0.15) is 16.7 Å². The minimum Gasteiger partial charge on any atom is -0.744 e. The van der Waals surface area contributed by atoms with E-state index in [9.17, 15) is 13.0 Å². The van der Waals surface area contributed by atoms with Crippen molar-refractivity contribution >= 4 is 10.1 Å². The van der Waals surface area contributed by atoms with Crippen molar-refractivity contribution in [3.8, 4) is 0 Å². The minimum absolute atomic E-state index is 0.139. The molecule has 2 aromatic rings. The molecular formula is C19H27NO5S. The zero-order chi connectivity index (χ0) is 19.4. The van der Waals surface area contributed by atoms with E-state index in [0.717, 1.165) is 19.4 Å². The fraction of sp³-hybridized carbons (Fsp3) is 0.368. The second-order valence-electron chi connectivity index (χ2n) is 5.93. The quantitative estimate of drug-likeness (QED) is 0.585. The Morgan fingerprint density at radius 1 is 0.962 bits per heavy atom. The Hall–Kier alpha value is -1.77. The van der Waals surface area contributed by atoms with Crippen LogP contribution in [0.15, 0.2) is 59.5 Å². The lowest BCUT2D eigenvalue weighted by molar-refractivity contribution is -0.706. The van der Waals surface area contributed by atoms with Crippen molar-refractivity contribution in [2.24, 2.45) is 0 Å². The molecule has 0 fully saturated rings. The highest BCUT2D eigenvalue weighted by molar-refractivity contribution is 7.85. The smallest absolute Gasteiger partial charge is 0.124 e. The van der Waals surface area contributed by atoms with Gasteiger partial charge in [-0.1, -0.05) is 48.5 Å². The van der Waals surface area contributed by atoms with Crippen LogP contribution in [0, 0.1) is 6.92 Å². The standard InChI is InChI=1S/C12H19NO2.C7H8O3S/c14-8-6-12(7-9-15)13-10-11-4-2-1-3-5-11;1-6-4-2-3-5-7(6)11(8,9)10/h1-5,12-15H,6-10H2;2-5H,1H3,(H,8,9,10). The number of rotatable bonds is 8.